The molecule has 1 aromatic carbocycles. The average molecular weight is 196 g/mol. The van der Waals surface area contributed by atoms with Gasteiger partial charge < -0.3 is 0 Å². The third kappa shape index (κ3) is 6.71. The molecule has 0 nitrogen and oxygen atoms in total. The average Bonchev–Trinajstić information content (AvgIpc) is 2.21. The Kier molecular flexibility index (Phi) is 16.5. The number of aryl methyl sites for hydroxylation is 2. The van der Waals surface area contributed by atoms with Crippen LogP contribution in [-0.2, 0) is 12.8 Å². The van der Waals surface area contributed by atoms with E-state index in [-0.39, 0.29) is 14.9 Å². The predicted octanol–water partition coefficient (Wildman–Crippen LogP) is 5.11. The fourth-order valence-electron chi connectivity index (χ4n) is 1.01. The summed E-state index contributed by atoms with van der Waals surface area (Å²) in [6.07, 6.45) is 2.29. The summed E-state index contributed by atoms with van der Waals surface area (Å²) in [5.74, 6) is 0. The Morgan fingerprint density at radius 3 is 1.07 bits per heavy atom. The van der Waals surface area contributed by atoms with Crippen LogP contribution in [-0.4, -0.2) is 0 Å². The number of rotatable bonds is 2. The third-order valence-corrected chi connectivity index (χ3v) is 1.84. The Morgan fingerprint density at radius 1 is 0.714 bits per heavy atom. The molecule has 0 aliphatic heterocycles. The maximum atomic E-state index is 2.21. The maximum absolute atomic E-state index is 2.21. The Hall–Kier alpha value is -0.780. The van der Waals surface area contributed by atoms with Crippen molar-refractivity contribution in [3.63, 3.8) is 0 Å². The van der Waals surface area contributed by atoms with E-state index in [1.165, 1.54) is 11.1 Å². The lowest BCUT2D eigenvalue weighted by atomic mass is 10.1. The minimum atomic E-state index is 0. The highest BCUT2D eigenvalue weighted by atomic mass is 13.9. The van der Waals surface area contributed by atoms with Gasteiger partial charge in [0.05, 0.1) is 0 Å². The van der Waals surface area contributed by atoms with Gasteiger partial charge in [-0.05, 0) is 24.0 Å². The van der Waals surface area contributed by atoms with Crippen molar-refractivity contribution < 1.29 is 0 Å². The van der Waals surface area contributed by atoms with E-state index in [9.17, 15) is 0 Å². The molecule has 0 aliphatic carbocycles. The molecule has 0 radical (unpaired) electrons. The smallest absolute Gasteiger partial charge is 0.0307 e. The van der Waals surface area contributed by atoms with Crippen molar-refractivity contribution >= 4 is 0 Å². The minimum absolute atomic E-state index is 0. The molecule has 0 bridgehead atoms. The van der Waals surface area contributed by atoms with Crippen LogP contribution in [0.25, 0.3) is 0 Å². The SMILES string of the molecule is C.C.CC.CCc1ccc(CC)cc1. The van der Waals surface area contributed by atoms with Crippen LogP contribution in [0.3, 0.4) is 0 Å². The van der Waals surface area contributed by atoms with Gasteiger partial charge in [-0.3, -0.25) is 0 Å². The first kappa shape index (κ1) is 18.9. The van der Waals surface area contributed by atoms with Crippen LogP contribution in [0.15, 0.2) is 24.3 Å². The molecule has 14 heavy (non-hydrogen) atoms. The summed E-state index contributed by atoms with van der Waals surface area (Å²) < 4.78 is 0. The first-order valence-electron chi connectivity index (χ1n) is 4.94. The molecule has 84 valence electrons. The van der Waals surface area contributed by atoms with Crippen molar-refractivity contribution in [2.24, 2.45) is 0 Å². The molecule has 0 unspecified atom stereocenters. The molecule has 0 heterocycles. The summed E-state index contributed by atoms with van der Waals surface area (Å²) in [4.78, 5) is 0. The molecule has 0 N–H and O–H groups in total. The summed E-state index contributed by atoms with van der Waals surface area (Å²) in [5.41, 5.74) is 2.86. The highest BCUT2D eigenvalue weighted by Crippen LogP contribution is 2.04. The standard InChI is InChI=1S/C10H14.C2H6.2CH4/c1-3-9-5-7-10(4-2)8-6-9;1-2;;/h5-8H,3-4H2,1-2H3;1-2H3;2*1H4. The highest BCUT2D eigenvalue weighted by molar-refractivity contribution is 5.22. The Bertz CT molecular complexity index is 161. The van der Waals surface area contributed by atoms with Crippen LogP contribution in [0.1, 0.15) is 53.7 Å². The van der Waals surface area contributed by atoms with E-state index < -0.39 is 0 Å². The summed E-state index contributed by atoms with van der Waals surface area (Å²) in [6, 6.07) is 8.83. The monoisotopic (exact) mass is 196 g/mol. The zero-order valence-corrected chi connectivity index (χ0v) is 8.72. The van der Waals surface area contributed by atoms with Gasteiger partial charge in [0.25, 0.3) is 0 Å². The highest BCUT2D eigenvalue weighted by Gasteiger charge is 1.88. The van der Waals surface area contributed by atoms with Crippen LogP contribution in [0, 0.1) is 0 Å². The van der Waals surface area contributed by atoms with Crippen molar-refractivity contribution in [3.8, 4) is 0 Å². The van der Waals surface area contributed by atoms with E-state index in [4.69, 9.17) is 0 Å². The van der Waals surface area contributed by atoms with Crippen molar-refractivity contribution in [1.29, 1.82) is 0 Å². The van der Waals surface area contributed by atoms with Gasteiger partial charge >= 0.3 is 0 Å². The molecule has 0 atom stereocenters. The first-order chi connectivity index (χ1) is 5.86. The van der Waals surface area contributed by atoms with Gasteiger partial charge in [-0.1, -0.05) is 66.8 Å². The number of hydrogen-bond acceptors (Lipinski definition) is 0. The van der Waals surface area contributed by atoms with Gasteiger partial charge in [0.1, 0.15) is 0 Å². The minimum Gasteiger partial charge on any atom is -0.0776 e. The molecule has 1 aromatic rings. The van der Waals surface area contributed by atoms with Gasteiger partial charge in [0, 0.05) is 0 Å². The number of benzene rings is 1. The molecule has 0 saturated carbocycles. The summed E-state index contributed by atoms with van der Waals surface area (Å²) in [5, 5.41) is 0. The van der Waals surface area contributed by atoms with Crippen LogP contribution in [0.5, 0.6) is 0 Å². The van der Waals surface area contributed by atoms with Gasteiger partial charge in [0.2, 0.25) is 0 Å². The molecular formula is C14H28. The van der Waals surface area contributed by atoms with Crippen LogP contribution >= 0.6 is 0 Å². The topological polar surface area (TPSA) is 0 Å². The van der Waals surface area contributed by atoms with Crippen molar-refractivity contribution in [3.05, 3.63) is 35.4 Å². The van der Waals surface area contributed by atoms with Crippen LogP contribution in [0.2, 0.25) is 0 Å². The normalized spacial score (nSPS) is 7.43. The molecule has 0 amide bonds. The lowest BCUT2D eigenvalue weighted by Crippen LogP contribution is -1.81. The molecule has 0 aromatic heterocycles. The van der Waals surface area contributed by atoms with Gasteiger partial charge in [-0.25, -0.2) is 0 Å². The quantitative estimate of drug-likeness (QED) is 0.616. The van der Waals surface area contributed by atoms with Crippen molar-refractivity contribution in [2.45, 2.75) is 55.4 Å². The van der Waals surface area contributed by atoms with Crippen molar-refractivity contribution in [2.75, 3.05) is 0 Å². The molecule has 1 rings (SSSR count). The summed E-state index contributed by atoms with van der Waals surface area (Å²) >= 11 is 0. The number of hydrogen-bond donors (Lipinski definition) is 0. The van der Waals surface area contributed by atoms with Gasteiger partial charge in [-0.2, -0.15) is 0 Å². The van der Waals surface area contributed by atoms with E-state index in [0.29, 0.717) is 0 Å². The van der Waals surface area contributed by atoms with E-state index in [1.807, 2.05) is 13.8 Å². The Labute approximate surface area is 91.4 Å². The van der Waals surface area contributed by atoms with E-state index in [1.54, 1.807) is 0 Å². The van der Waals surface area contributed by atoms with E-state index in [2.05, 4.69) is 38.1 Å². The van der Waals surface area contributed by atoms with E-state index in [0.717, 1.165) is 12.8 Å². The zero-order chi connectivity index (χ0) is 9.40. The first-order valence-corrected chi connectivity index (χ1v) is 4.94. The molecule has 0 saturated heterocycles. The van der Waals surface area contributed by atoms with E-state index >= 15 is 0 Å². The van der Waals surface area contributed by atoms with Gasteiger partial charge in [-0.15, -0.1) is 0 Å². The lowest BCUT2D eigenvalue weighted by Gasteiger charge is -1.97. The second-order valence-electron chi connectivity index (χ2n) is 2.52. The van der Waals surface area contributed by atoms with Crippen LogP contribution in [0.4, 0.5) is 0 Å². The molecule has 0 spiro atoms. The van der Waals surface area contributed by atoms with Gasteiger partial charge in [0.15, 0.2) is 0 Å². The molecule has 0 fully saturated rings. The fraction of sp³-hybridized carbons (Fsp3) is 0.571. The second kappa shape index (κ2) is 12.2. The largest absolute Gasteiger partial charge is 0.0776 e. The molecule has 0 heteroatoms. The lowest BCUT2D eigenvalue weighted by molar-refractivity contribution is 1.10. The van der Waals surface area contributed by atoms with Crippen molar-refractivity contribution in [1.82, 2.24) is 0 Å². The Morgan fingerprint density at radius 2 is 0.929 bits per heavy atom. The third-order valence-electron chi connectivity index (χ3n) is 1.84. The fourth-order valence-corrected chi connectivity index (χ4v) is 1.01. The summed E-state index contributed by atoms with van der Waals surface area (Å²) in [7, 11) is 0. The molecular weight excluding hydrogens is 168 g/mol. The summed E-state index contributed by atoms with van der Waals surface area (Å²) in [6.45, 7) is 8.36. The maximum Gasteiger partial charge on any atom is -0.0307 e. The molecule has 0 aliphatic rings. The second-order valence-corrected chi connectivity index (χ2v) is 2.52. The van der Waals surface area contributed by atoms with Crippen LogP contribution < -0.4 is 0 Å². The predicted molar refractivity (Wildman–Crippen MR) is 70.0 cm³/mol. The Balaban J connectivity index is -0.000000284. The zero-order valence-electron chi connectivity index (χ0n) is 8.72.